The van der Waals surface area contributed by atoms with Gasteiger partial charge in [-0.05, 0) is 55.5 Å². The summed E-state index contributed by atoms with van der Waals surface area (Å²) in [6.07, 6.45) is 4.15. The van der Waals surface area contributed by atoms with Crippen LogP contribution < -0.4 is 11.1 Å². The lowest BCUT2D eigenvalue weighted by Crippen LogP contribution is -2.11. The van der Waals surface area contributed by atoms with Gasteiger partial charge in [-0.2, -0.15) is 5.26 Å². The average Bonchev–Trinajstić information content (AvgIpc) is 3.11. The molecule has 0 radical (unpaired) electrons. The molecule has 2 aromatic heterocycles. The predicted octanol–water partition coefficient (Wildman–Crippen LogP) is 3.36. The normalized spacial score (nSPS) is 12.8. The standard InChI is InChI=1S/C21H19N5O3S/c22-10-9-17(27)24-13-7-5-12(6-8-13)21(28)29-11-16-25-19(23)18-14-3-1-2-4-15(14)30-20(18)26-16/h5-8H,1-4,9,11H2,(H,24,27)(H2,23,25,26). The number of aromatic nitrogens is 2. The maximum absolute atomic E-state index is 12.3. The van der Waals surface area contributed by atoms with Crippen LogP contribution in [0.3, 0.4) is 0 Å². The number of benzene rings is 1. The van der Waals surface area contributed by atoms with Crippen LogP contribution in [0.25, 0.3) is 10.2 Å². The van der Waals surface area contributed by atoms with Gasteiger partial charge in [0.2, 0.25) is 5.91 Å². The fourth-order valence-corrected chi connectivity index (χ4v) is 4.76. The molecule has 0 unspecified atom stereocenters. The van der Waals surface area contributed by atoms with E-state index in [2.05, 4.69) is 15.3 Å². The Labute approximate surface area is 176 Å². The number of amides is 1. The van der Waals surface area contributed by atoms with E-state index < -0.39 is 11.9 Å². The van der Waals surface area contributed by atoms with Crippen molar-refractivity contribution in [1.82, 2.24) is 9.97 Å². The van der Waals surface area contributed by atoms with Crippen LogP contribution in [0.15, 0.2) is 24.3 Å². The number of carbonyl (C=O) groups excluding carboxylic acids is 2. The van der Waals surface area contributed by atoms with Crippen LogP contribution in [0.2, 0.25) is 0 Å². The van der Waals surface area contributed by atoms with Crippen LogP contribution in [-0.2, 0) is 29.0 Å². The van der Waals surface area contributed by atoms with Crippen molar-refractivity contribution in [2.75, 3.05) is 11.1 Å². The SMILES string of the molecule is N#CCC(=O)Nc1ccc(C(=O)OCc2nc(N)c3c4c(sc3n2)CCCC4)cc1. The highest BCUT2D eigenvalue weighted by atomic mass is 32.1. The van der Waals surface area contributed by atoms with Crippen molar-refractivity contribution in [3.8, 4) is 6.07 Å². The lowest BCUT2D eigenvalue weighted by molar-refractivity contribution is -0.115. The molecular formula is C21H19N5O3S. The largest absolute Gasteiger partial charge is 0.454 e. The molecule has 9 heteroatoms. The van der Waals surface area contributed by atoms with Crippen molar-refractivity contribution < 1.29 is 14.3 Å². The summed E-state index contributed by atoms with van der Waals surface area (Å²) < 4.78 is 5.33. The molecule has 8 nitrogen and oxygen atoms in total. The Morgan fingerprint density at radius 1 is 1.20 bits per heavy atom. The Hall–Kier alpha value is -3.51. The molecule has 0 saturated heterocycles. The van der Waals surface area contributed by atoms with E-state index in [0.717, 1.165) is 29.5 Å². The minimum atomic E-state index is -0.530. The summed E-state index contributed by atoms with van der Waals surface area (Å²) in [5.41, 5.74) is 8.27. The zero-order valence-electron chi connectivity index (χ0n) is 16.1. The number of carbonyl (C=O) groups is 2. The molecule has 30 heavy (non-hydrogen) atoms. The first-order valence-corrected chi connectivity index (χ1v) is 10.4. The molecule has 0 atom stereocenters. The summed E-state index contributed by atoms with van der Waals surface area (Å²) in [6.45, 7) is -0.0812. The fourth-order valence-electron chi connectivity index (χ4n) is 3.48. The quantitative estimate of drug-likeness (QED) is 0.604. The molecule has 2 heterocycles. The second-order valence-electron chi connectivity index (χ2n) is 6.95. The summed E-state index contributed by atoms with van der Waals surface area (Å²) in [7, 11) is 0. The third kappa shape index (κ3) is 4.09. The predicted molar refractivity (Wildman–Crippen MR) is 113 cm³/mol. The van der Waals surface area contributed by atoms with Crippen molar-refractivity contribution in [1.29, 1.82) is 5.26 Å². The summed E-state index contributed by atoms with van der Waals surface area (Å²) in [5.74, 6) is -0.138. The second-order valence-corrected chi connectivity index (χ2v) is 8.04. The van der Waals surface area contributed by atoms with Crippen molar-refractivity contribution in [2.24, 2.45) is 0 Å². The number of nitriles is 1. The van der Waals surface area contributed by atoms with Crippen LogP contribution in [-0.4, -0.2) is 21.8 Å². The van der Waals surface area contributed by atoms with Gasteiger partial charge < -0.3 is 15.8 Å². The van der Waals surface area contributed by atoms with Gasteiger partial charge in [-0.15, -0.1) is 11.3 Å². The number of nitrogens with one attached hydrogen (secondary N) is 1. The lowest BCUT2D eigenvalue weighted by atomic mass is 9.97. The number of nitrogen functional groups attached to an aromatic ring is 1. The van der Waals surface area contributed by atoms with Gasteiger partial charge in [0.1, 0.15) is 17.1 Å². The Bertz CT molecular complexity index is 1160. The van der Waals surface area contributed by atoms with Gasteiger partial charge in [0.15, 0.2) is 12.4 Å². The highest BCUT2D eigenvalue weighted by molar-refractivity contribution is 7.19. The number of hydrogen-bond donors (Lipinski definition) is 2. The number of anilines is 2. The molecular weight excluding hydrogens is 402 g/mol. The van der Waals surface area contributed by atoms with E-state index in [1.165, 1.54) is 29.0 Å². The number of nitrogens with two attached hydrogens (primary N) is 1. The summed E-state index contributed by atoms with van der Waals surface area (Å²) >= 11 is 1.64. The molecule has 3 N–H and O–H groups in total. The number of thiophene rings is 1. The van der Waals surface area contributed by atoms with Gasteiger partial charge in [0.25, 0.3) is 0 Å². The third-order valence-corrected chi connectivity index (χ3v) is 6.05. The summed E-state index contributed by atoms with van der Waals surface area (Å²) in [5, 5.41) is 12.0. The topological polar surface area (TPSA) is 131 Å². The molecule has 4 rings (SSSR count). The van der Waals surface area contributed by atoms with Crippen molar-refractivity contribution >= 4 is 44.9 Å². The van der Waals surface area contributed by atoms with Crippen molar-refractivity contribution in [3.05, 3.63) is 46.1 Å². The number of hydrogen-bond acceptors (Lipinski definition) is 8. The lowest BCUT2D eigenvalue weighted by Gasteiger charge is -2.11. The highest BCUT2D eigenvalue weighted by Gasteiger charge is 2.20. The van der Waals surface area contributed by atoms with E-state index in [9.17, 15) is 9.59 Å². The van der Waals surface area contributed by atoms with E-state index in [0.29, 0.717) is 22.9 Å². The Balaban J connectivity index is 1.43. The zero-order chi connectivity index (χ0) is 21.1. The Morgan fingerprint density at radius 3 is 2.73 bits per heavy atom. The van der Waals surface area contributed by atoms with E-state index in [1.807, 2.05) is 0 Å². The van der Waals surface area contributed by atoms with Gasteiger partial charge >= 0.3 is 5.97 Å². The zero-order valence-corrected chi connectivity index (χ0v) is 16.9. The first-order chi connectivity index (χ1) is 14.5. The molecule has 152 valence electrons. The number of esters is 1. The molecule has 0 bridgehead atoms. The Kier molecular flexibility index (Phi) is 5.59. The monoisotopic (exact) mass is 421 g/mol. The first-order valence-electron chi connectivity index (χ1n) is 9.56. The van der Waals surface area contributed by atoms with Crippen LogP contribution >= 0.6 is 11.3 Å². The summed E-state index contributed by atoms with van der Waals surface area (Å²) in [6, 6.07) is 7.99. The average molecular weight is 421 g/mol. The minimum Gasteiger partial charge on any atom is -0.454 e. The van der Waals surface area contributed by atoms with E-state index in [-0.39, 0.29) is 13.0 Å². The number of fused-ring (bicyclic) bond motifs is 3. The number of rotatable bonds is 5. The fraction of sp³-hybridized carbons (Fsp3) is 0.286. The maximum atomic E-state index is 12.3. The molecule has 0 aliphatic heterocycles. The minimum absolute atomic E-state index is 0.0812. The molecule has 0 saturated carbocycles. The van der Waals surface area contributed by atoms with Crippen LogP contribution in [0.5, 0.6) is 0 Å². The number of aryl methyl sites for hydroxylation is 2. The molecule has 1 amide bonds. The van der Waals surface area contributed by atoms with Gasteiger partial charge in [-0.1, -0.05) is 0 Å². The third-order valence-electron chi connectivity index (χ3n) is 4.87. The van der Waals surface area contributed by atoms with Crippen LogP contribution in [0.4, 0.5) is 11.5 Å². The molecule has 1 aromatic carbocycles. The number of ether oxygens (including phenoxy) is 1. The molecule has 1 aliphatic carbocycles. The van der Waals surface area contributed by atoms with E-state index >= 15 is 0 Å². The first kappa shape index (κ1) is 19.8. The van der Waals surface area contributed by atoms with Gasteiger partial charge in [-0.3, -0.25) is 4.79 Å². The number of nitrogens with zero attached hydrogens (tertiary/aromatic N) is 3. The van der Waals surface area contributed by atoms with E-state index in [1.54, 1.807) is 29.5 Å². The van der Waals surface area contributed by atoms with Crippen molar-refractivity contribution in [2.45, 2.75) is 38.7 Å². The van der Waals surface area contributed by atoms with Crippen LogP contribution in [0.1, 0.15) is 45.9 Å². The van der Waals surface area contributed by atoms with E-state index in [4.69, 9.17) is 15.7 Å². The second kappa shape index (κ2) is 8.47. The molecule has 3 aromatic rings. The molecule has 0 fully saturated rings. The maximum Gasteiger partial charge on any atom is 0.338 e. The van der Waals surface area contributed by atoms with Crippen molar-refractivity contribution in [3.63, 3.8) is 0 Å². The Morgan fingerprint density at radius 2 is 1.97 bits per heavy atom. The van der Waals surface area contributed by atoms with Crippen LogP contribution in [0, 0.1) is 11.3 Å². The highest BCUT2D eigenvalue weighted by Crippen LogP contribution is 2.37. The molecule has 1 aliphatic rings. The van der Waals surface area contributed by atoms with Gasteiger partial charge in [0, 0.05) is 10.6 Å². The molecule has 0 spiro atoms. The summed E-state index contributed by atoms with van der Waals surface area (Å²) in [4.78, 5) is 34.8. The van der Waals surface area contributed by atoms with Gasteiger partial charge in [-0.25, -0.2) is 14.8 Å². The smallest absolute Gasteiger partial charge is 0.338 e. The van der Waals surface area contributed by atoms with Gasteiger partial charge in [0.05, 0.1) is 17.0 Å².